The zero-order valence-electron chi connectivity index (χ0n) is 19.3. The third-order valence-corrected chi connectivity index (χ3v) is 6.58. The van der Waals surface area contributed by atoms with Crippen LogP contribution in [0, 0.1) is 15.9 Å². The van der Waals surface area contributed by atoms with Crippen LogP contribution in [-0.2, 0) is 26.0 Å². The van der Waals surface area contributed by atoms with E-state index in [1.807, 2.05) is 4.90 Å². The van der Waals surface area contributed by atoms with Crippen LogP contribution in [0.4, 0.5) is 21.5 Å². The standard InChI is InChI=1S/C23H28FN3O6S/c1-23(2,3)33-22(28)14-16-13-17(24)7-9-19(16)25-34(31,32)18-8-10-20(21(15-18)27(29)30)26-11-5-4-6-12-26/h7-10,13,15,25H,4-6,11-12,14H2,1-3H3. The summed E-state index contributed by atoms with van der Waals surface area (Å²) in [4.78, 5) is 24.9. The summed E-state index contributed by atoms with van der Waals surface area (Å²) in [6.45, 7) is 6.37. The van der Waals surface area contributed by atoms with E-state index in [1.165, 1.54) is 18.2 Å². The molecule has 1 N–H and O–H groups in total. The molecule has 0 unspecified atom stereocenters. The lowest BCUT2D eigenvalue weighted by molar-refractivity contribution is -0.384. The van der Waals surface area contributed by atoms with Gasteiger partial charge in [-0.3, -0.25) is 19.6 Å². The predicted molar refractivity (Wildman–Crippen MR) is 126 cm³/mol. The van der Waals surface area contributed by atoms with Gasteiger partial charge in [0.15, 0.2) is 0 Å². The van der Waals surface area contributed by atoms with Gasteiger partial charge in [-0.15, -0.1) is 0 Å². The summed E-state index contributed by atoms with van der Waals surface area (Å²) in [7, 11) is -4.27. The molecule has 0 atom stereocenters. The number of rotatable bonds is 7. The van der Waals surface area contributed by atoms with Gasteiger partial charge in [-0.05, 0) is 75.9 Å². The van der Waals surface area contributed by atoms with E-state index in [2.05, 4.69) is 4.72 Å². The van der Waals surface area contributed by atoms with Gasteiger partial charge in [0.25, 0.3) is 15.7 Å². The number of nitrogens with zero attached hydrogens (tertiary/aromatic N) is 2. The van der Waals surface area contributed by atoms with Crippen molar-refractivity contribution in [2.45, 2.75) is 57.0 Å². The van der Waals surface area contributed by atoms with Gasteiger partial charge in [-0.25, -0.2) is 12.8 Å². The van der Waals surface area contributed by atoms with E-state index in [-0.39, 0.29) is 28.3 Å². The van der Waals surface area contributed by atoms with Crippen molar-refractivity contribution in [3.63, 3.8) is 0 Å². The summed E-state index contributed by atoms with van der Waals surface area (Å²) in [5.41, 5.74) is -0.639. The minimum atomic E-state index is -4.27. The van der Waals surface area contributed by atoms with Crippen molar-refractivity contribution in [1.29, 1.82) is 0 Å². The molecule has 1 aliphatic heterocycles. The number of nitrogens with one attached hydrogen (secondary N) is 1. The molecule has 184 valence electrons. The first kappa shape index (κ1) is 25.4. The van der Waals surface area contributed by atoms with Crippen molar-refractivity contribution in [3.8, 4) is 0 Å². The molecule has 1 heterocycles. The molecule has 1 saturated heterocycles. The molecule has 0 aliphatic carbocycles. The number of hydrogen-bond donors (Lipinski definition) is 1. The molecular weight excluding hydrogens is 465 g/mol. The molecule has 9 nitrogen and oxygen atoms in total. The molecule has 0 aromatic heterocycles. The van der Waals surface area contributed by atoms with Crippen LogP contribution in [0.2, 0.25) is 0 Å². The highest BCUT2D eigenvalue weighted by Crippen LogP contribution is 2.33. The Hall–Kier alpha value is -3.21. The minimum Gasteiger partial charge on any atom is -0.460 e. The van der Waals surface area contributed by atoms with Gasteiger partial charge < -0.3 is 9.64 Å². The SMILES string of the molecule is CC(C)(C)OC(=O)Cc1cc(F)ccc1NS(=O)(=O)c1ccc(N2CCCCC2)c([N+](=O)[O-])c1. The smallest absolute Gasteiger partial charge is 0.310 e. The lowest BCUT2D eigenvalue weighted by Gasteiger charge is -2.28. The Morgan fingerprint density at radius 1 is 1.15 bits per heavy atom. The predicted octanol–water partition coefficient (Wildman–Crippen LogP) is 4.41. The summed E-state index contributed by atoms with van der Waals surface area (Å²) in [5, 5.41) is 11.7. The molecule has 3 rings (SSSR count). The van der Waals surface area contributed by atoms with Crippen molar-refractivity contribution >= 4 is 33.1 Å². The number of anilines is 2. The van der Waals surface area contributed by atoms with Gasteiger partial charge in [0.1, 0.15) is 17.1 Å². The van der Waals surface area contributed by atoms with E-state index in [9.17, 15) is 27.7 Å². The molecular formula is C23H28FN3O6S. The van der Waals surface area contributed by atoms with Gasteiger partial charge in [0.05, 0.1) is 21.9 Å². The molecule has 2 aromatic rings. The lowest BCUT2D eigenvalue weighted by atomic mass is 10.1. The number of hydrogen-bond acceptors (Lipinski definition) is 7. The Morgan fingerprint density at radius 3 is 2.44 bits per heavy atom. The van der Waals surface area contributed by atoms with Gasteiger partial charge in [-0.2, -0.15) is 0 Å². The van der Waals surface area contributed by atoms with Crippen molar-refractivity contribution in [3.05, 3.63) is 57.9 Å². The Kier molecular flexibility index (Phi) is 7.44. The van der Waals surface area contributed by atoms with Crippen LogP contribution in [-0.4, -0.2) is 38.0 Å². The molecule has 0 spiro atoms. The van der Waals surface area contributed by atoms with Crippen LogP contribution in [0.25, 0.3) is 0 Å². The molecule has 2 aromatic carbocycles. The van der Waals surface area contributed by atoms with E-state index in [1.54, 1.807) is 20.8 Å². The first-order chi connectivity index (χ1) is 15.9. The van der Waals surface area contributed by atoms with Crippen LogP contribution in [0.3, 0.4) is 0 Å². The van der Waals surface area contributed by atoms with E-state index < -0.39 is 32.3 Å². The number of esters is 1. The molecule has 0 amide bonds. The maximum Gasteiger partial charge on any atom is 0.310 e. The number of benzene rings is 2. The molecule has 0 saturated carbocycles. The fourth-order valence-electron chi connectivity index (χ4n) is 3.76. The third-order valence-electron chi connectivity index (χ3n) is 5.22. The van der Waals surface area contributed by atoms with E-state index >= 15 is 0 Å². The second-order valence-corrected chi connectivity index (χ2v) is 10.8. The summed E-state index contributed by atoms with van der Waals surface area (Å²) in [6.07, 6.45) is 2.50. The molecule has 11 heteroatoms. The van der Waals surface area contributed by atoms with E-state index in [4.69, 9.17) is 4.74 Å². The fourth-order valence-corrected chi connectivity index (χ4v) is 4.88. The Morgan fingerprint density at radius 2 is 1.82 bits per heavy atom. The monoisotopic (exact) mass is 493 g/mol. The molecule has 1 fully saturated rings. The molecule has 0 bridgehead atoms. The number of nitro groups is 1. The normalized spacial score (nSPS) is 14.5. The quantitative estimate of drug-likeness (QED) is 0.345. The average molecular weight is 494 g/mol. The number of sulfonamides is 1. The van der Waals surface area contributed by atoms with Crippen LogP contribution in [0.15, 0.2) is 41.3 Å². The Labute approximate surface area is 198 Å². The Balaban J connectivity index is 1.91. The van der Waals surface area contributed by atoms with Crippen LogP contribution in [0.5, 0.6) is 0 Å². The maximum absolute atomic E-state index is 13.8. The fraction of sp³-hybridized carbons (Fsp3) is 0.435. The summed E-state index contributed by atoms with van der Waals surface area (Å²) in [5.74, 6) is -1.30. The first-order valence-corrected chi connectivity index (χ1v) is 12.4. The van der Waals surface area contributed by atoms with Crippen LogP contribution >= 0.6 is 0 Å². The molecule has 34 heavy (non-hydrogen) atoms. The van der Waals surface area contributed by atoms with Crippen LogP contribution in [0.1, 0.15) is 45.6 Å². The zero-order valence-corrected chi connectivity index (χ0v) is 20.2. The van der Waals surface area contributed by atoms with Crippen molar-refractivity contribution in [1.82, 2.24) is 0 Å². The number of halogens is 1. The van der Waals surface area contributed by atoms with Gasteiger partial charge in [0, 0.05) is 19.2 Å². The van der Waals surface area contributed by atoms with Crippen molar-refractivity contribution in [2.24, 2.45) is 0 Å². The topological polar surface area (TPSA) is 119 Å². The second kappa shape index (κ2) is 9.96. The van der Waals surface area contributed by atoms with Gasteiger partial charge in [-0.1, -0.05) is 0 Å². The van der Waals surface area contributed by atoms with Gasteiger partial charge >= 0.3 is 5.97 Å². The first-order valence-electron chi connectivity index (χ1n) is 10.9. The molecule has 0 radical (unpaired) electrons. The highest BCUT2D eigenvalue weighted by Gasteiger charge is 2.26. The maximum atomic E-state index is 13.8. The van der Waals surface area contributed by atoms with Crippen molar-refractivity contribution in [2.75, 3.05) is 22.7 Å². The highest BCUT2D eigenvalue weighted by atomic mass is 32.2. The summed E-state index contributed by atoms with van der Waals surface area (Å²) < 4.78 is 47.5. The van der Waals surface area contributed by atoms with E-state index in [0.29, 0.717) is 18.8 Å². The lowest BCUT2D eigenvalue weighted by Crippen LogP contribution is -2.30. The second-order valence-electron chi connectivity index (χ2n) is 9.13. The Bertz CT molecular complexity index is 1190. The number of piperidine rings is 1. The van der Waals surface area contributed by atoms with E-state index in [0.717, 1.165) is 37.5 Å². The minimum absolute atomic E-state index is 0.0185. The number of carbonyl (C=O) groups is 1. The molecule has 1 aliphatic rings. The largest absolute Gasteiger partial charge is 0.460 e. The third kappa shape index (κ3) is 6.43. The number of carbonyl (C=O) groups excluding carboxylic acids is 1. The summed E-state index contributed by atoms with van der Waals surface area (Å²) >= 11 is 0. The number of ether oxygens (including phenoxy) is 1. The van der Waals surface area contributed by atoms with Gasteiger partial charge in [0.2, 0.25) is 0 Å². The van der Waals surface area contributed by atoms with Crippen LogP contribution < -0.4 is 9.62 Å². The average Bonchev–Trinajstić information content (AvgIpc) is 2.74. The number of nitro benzene ring substituents is 1. The van der Waals surface area contributed by atoms with Crippen molar-refractivity contribution < 1.29 is 27.3 Å². The zero-order chi connectivity index (χ0) is 25.1. The summed E-state index contributed by atoms with van der Waals surface area (Å²) in [6, 6.07) is 7.05. The highest BCUT2D eigenvalue weighted by molar-refractivity contribution is 7.92.